The van der Waals surface area contributed by atoms with Gasteiger partial charge in [-0.05, 0) is 26.2 Å². The predicted octanol–water partition coefficient (Wildman–Crippen LogP) is 2.01. The van der Waals surface area contributed by atoms with E-state index in [4.69, 9.17) is 4.99 Å². The molecule has 0 aliphatic heterocycles. The van der Waals surface area contributed by atoms with Crippen LogP contribution in [0.25, 0.3) is 0 Å². The summed E-state index contributed by atoms with van der Waals surface area (Å²) in [4.78, 5) is 4.69. The second-order valence-corrected chi connectivity index (χ2v) is 4.82. The van der Waals surface area contributed by atoms with Crippen LogP contribution in [0.15, 0.2) is 4.99 Å². The topological polar surface area (TPSA) is 54.2 Å². The van der Waals surface area contributed by atoms with E-state index in [1.165, 1.54) is 17.0 Å². The van der Waals surface area contributed by atoms with Crippen LogP contribution in [0.5, 0.6) is 0 Å². The van der Waals surface area contributed by atoms with Crippen molar-refractivity contribution in [3.63, 3.8) is 0 Å². The molecule has 0 spiro atoms. The van der Waals surface area contributed by atoms with Gasteiger partial charge in [0.15, 0.2) is 5.96 Å². The third-order valence-electron chi connectivity index (χ3n) is 3.31. The lowest BCUT2D eigenvalue weighted by Crippen LogP contribution is -2.37. The standard InChI is InChI=1S/C15H29N5/c1-6-10-17-15(16-9-4)18-11-12-13(7-2)19-20(5)14(12)8-3/h6-11H2,1-5H3,(H2,16,17,18). The van der Waals surface area contributed by atoms with Gasteiger partial charge in [0.05, 0.1) is 12.2 Å². The van der Waals surface area contributed by atoms with E-state index in [1.807, 2.05) is 11.7 Å². The summed E-state index contributed by atoms with van der Waals surface area (Å²) < 4.78 is 2.00. The smallest absolute Gasteiger partial charge is 0.191 e. The van der Waals surface area contributed by atoms with Crippen LogP contribution in [0.4, 0.5) is 0 Å². The molecule has 1 heterocycles. The zero-order valence-electron chi connectivity index (χ0n) is 13.6. The molecule has 0 saturated carbocycles. The Kier molecular flexibility index (Phi) is 7.12. The van der Waals surface area contributed by atoms with E-state index in [1.54, 1.807) is 0 Å². The van der Waals surface area contributed by atoms with Crippen LogP contribution in [0.3, 0.4) is 0 Å². The summed E-state index contributed by atoms with van der Waals surface area (Å²) in [5.41, 5.74) is 3.74. The first-order chi connectivity index (χ1) is 9.67. The minimum absolute atomic E-state index is 0.694. The molecule has 0 saturated heterocycles. The average Bonchev–Trinajstić information content (AvgIpc) is 2.77. The highest BCUT2D eigenvalue weighted by molar-refractivity contribution is 5.79. The summed E-state index contributed by atoms with van der Waals surface area (Å²) in [6.45, 7) is 11.1. The summed E-state index contributed by atoms with van der Waals surface area (Å²) in [6.07, 6.45) is 3.04. The van der Waals surface area contributed by atoms with Crippen molar-refractivity contribution in [2.45, 2.75) is 53.5 Å². The van der Waals surface area contributed by atoms with Crippen molar-refractivity contribution in [2.75, 3.05) is 13.1 Å². The van der Waals surface area contributed by atoms with Gasteiger partial charge in [0, 0.05) is 31.4 Å². The Balaban J connectivity index is 2.89. The Morgan fingerprint density at radius 1 is 1.15 bits per heavy atom. The summed E-state index contributed by atoms with van der Waals surface area (Å²) in [5.74, 6) is 0.891. The molecule has 0 aliphatic rings. The molecular weight excluding hydrogens is 250 g/mol. The van der Waals surface area contributed by atoms with Gasteiger partial charge >= 0.3 is 0 Å². The Bertz CT molecular complexity index is 434. The monoisotopic (exact) mass is 279 g/mol. The second-order valence-electron chi connectivity index (χ2n) is 4.82. The van der Waals surface area contributed by atoms with Gasteiger partial charge in [-0.2, -0.15) is 5.10 Å². The molecule has 0 radical (unpaired) electrons. The molecule has 0 aromatic carbocycles. The molecule has 0 atom stereocenters. The summed E-state index contributed by atoms with van der Waals surface area (Å²) in [7, 11) is 2.02. The molecule has 0 bridgehead atoms. The average molecular weight is 279 g/mol. The van der Waals surface area contributed by atoms with Crippen molar-refractivity contribution in [1.29, 1.82) is 0 Å². The predicted molar refractivity (Wildman–Crippen MR) is 85.1 cm³/mol. The molecule has 0 aliphatic carbocycles. The molecule has 114 valence electrons. The lowest BCUT2D eigenvalue weighted by molar-refractivity contribution is 0.703. The fourth-order valence-corrected chi connectivity index (χ4v) is 2.32. The number of aryl methyl sites for hydroxylation is 2. The van der Waals surface area contributed by atoms with Crippen LogP contribution in [-0.4, -0.2) is 28.8 Å². The summed E-state index contributed by atoms with van der Waals surface area (Å²) in [5, 5.41) is 11.2. The van der Waals surface area contributed by atoms with Gasteiger partial charge in [-0.1, -0.05) is 20.8 Å². The summed E-state index contributed by atoms with van der Waals surface area (Å²) >= 11 is 0. The van der Waals surface area contributed by atoms with Crippen molar-refractivity contribution in [2.24, 2.45) is 12.0 Å². The first-order valence-electron chi connectivity index (χ1n) is 7.73. The van der Waals surface area contributed by atoms with Crippen molar-refractivity contribution < 1.29 is 0 Å². The highest BCUT2D eigenvalue weighted by Gasteiger charge is 2.13. The van der Waals surface area contributed by atoms with Gasteiger partial charge in [-0.15, -0.1) is 0 Å². The zero-order chi connectivity index (χ0) is 15.0. The van der Waals surface area contributed by atoms with Gasteiger partial charge in [0.2, 0.25) is 0 Å². The number of rotatable bonds is 7. The number of nitrogens with zero attached hydrogens (tertiary/aromatic N) is 3. The van der Waals surface area contributed by atoms with Gasteiger partial charge < -0.3 is 10.6 Å². The van der Waals surface area contributed by atoms with Crippen molar-refractivity contribution in [1.82, 2.24) is 20.4 Å². The highest BCUT2D eigenvalue weighted by atomic mass is 15.3. The highest BCUT2D eigenvalue weighted by Crippen LogP contribution is 2.16. The molecule has 1 rings (SSSR count). The number of aromatic nitrogens is 2. The molecule has 2 N–H and O–H groups in total. The molecule has 5 nitrogen and oxygen atoms in total. The molecule has 1 aromatic heterocycles. The fourth-order valence-electron chi connectivity index (χ4n) is 2.32. The number of nitrogens with one attached hydrogen (secondary N) is 2. The van der Waals surface area contributed by atoms with Crippen molar-refractivity contribution in [3.8, 4) is 0 Å². The maximum atomic E-state index is 4.69. The van der Waals surface area contributed by atoms with Crippen LogP contribution in [0.2, 0.25) is 0 Å². The SMILES string of the molecule is CCCNC(=NCc1c(CC)nn(C)c1CC)NCC. The maximum Gasteiger partial charge on any atom is 0.191 e. The Morgan fingerprint density at radius 2 is 1.90 bits per heavy atom. The molecule has 1 aromatic rings. The lowest BCUT2D eigenvalue weighted by atomic mass is 10.1. The largest absolute Gasteiger partial charge is 0.357 e. The van der Waals surface area contributed by atoms with E-state index in [9.17, 15) is 0 Å². The Hall–Kier alpha value is -1.52. The molecule has 0 fully saturated rings. The van der Waals surface area contributed by atoms with E-state index in [0.717, 1.165) is 38.3 Å². The normalized spacial score (nSPS) is 11.8. The van der Waals surface area contributed by atoms with Gasteiger partial charge in [0.25, 0.3) is 0 Å². The number of hydrogen-bond donors (Lipinski definition) is 2. The van der Waals surface area contributed by atoms with Gasteiger partial charge in [-0.3, -0.25) is 4.68 Å². The third kappa shape index (κ3) is 4.25. The molecular formula is C15H29N5. The van der Waals surface area contributed by atoms with Crippen LogP contribution in [0, 0.1) is 0 Å². The molecule has 20 heavy (non-hydrogen) atoms. The quantitative estimate of drug-likeness (QED) is 0.593. The van der Waals surface area contributed by atoms with E-state index in [2.05, 4.69) is 43.4 Å². The van der Waals surface area contributed by atoms with E-state index in [-0.39, 0.29) is 0 Å². The Morgan fingerprint density at radius 3 is 2.45 bits per heavy atom. The molecule has 0 unspecified atom stereocenters. The van der Waals surface area contributed by atoms with Crippen molar-refractivity contribution >= 4 is 5.96 Å². The van der Waals surface area contributed by atoms with Crippen LogP contribution < -0.4 is 10.6 Å². The minimum atomic E-state index is 0.694. The number of hydrogen-bond acceptors (Lipinski definition) is 2. The molecule has 5 heteroatoms. The Labute approximate surface area is 122 Å². The fraction of sp³-hybridized carbons (Fsp3) is 0.733. The van der Waals surface area contributed by atoms with Gasteiger partial charge in [-0.25, -0.2) is 4.99 Å². The number of guanidine groups is 1. The van der Waals surface area contributed by atoms with Crippen molar-refractivity contribution in [3.05, 3.63) is 17.0 Å². The summed E-state index contributed by atoms with van der Waals surface area (Å²) in [6, 6.07) is 0. The van der Waals surface area contributed by atoms with Crippen LogP contribution in [-0.2, 0) is 26.4 Å². The first-order valence-corrected chi connectivity index (χ1v) is 7.73. The van der Waals surface area contributed by atoms with E-state index < -0.39 is 0 Å². The zero-order valence-corrected chi connectivity index (χ0v) is 13.6. The van der Waals surface area contributed by atoms with Crippen LogP contribution in [0.1, 0.15) is 51.1 Å². The first kappa shape index (κ1) is 16.5. The van der Waals surface area contributed by atoms with Gasteiger partial charge in [0.1, 0.15) is 0 Å². The minimum Gasteiger partial charge on any atom is -0.357 e. The second kappa shape index (κ2) is 8.61. The van der Waals surface area contributed by atoms with Crippen LogP contribution >= 0.6 is 0 Å². The number of aliphatic imine (C=N–C) groups is 1. The third-order valence-corrected chi connectivity index (χ3v) is 3.31. The maximum absolute atomic E-state index is 4.69. The lowest BCUT2D eigenvalue weighted by Gasteiger charge is -2.10. The van der Waals surface area contributed by atoms with E-state index >= 15 is 0 Å². The van der Waals surface area contributed by atoms with E-state index in [0.29, 0.717) is 6.54 Å². The molecule has 0 amide bonds.